The predicted octanol–water partition coefficient (Wildman–Crippen LogP) is 4.82. The summed E-state index contributed by atoms with van der Waals surface area (Å²) in [6.07, 6.45) is 11.0. The van der Waals surface area contributed by atoms with Crippen molar-refractivity contribution in [3.8, 4) is 0 Å². The third-order valence-corrected chi connectivity index (χ3v) is 8.80. The van der Waals surface area contributed by atoms with Gasteiger partial charge in [-0.25, -0.2) is 0 Å². The first-order valence-electron chi connectivity index (χ1n) is 11.3. The van der Waals surface area contributed by atoms with E-state index in [1.807, 2.05) is 6.08 Å². The van der Waals surface area contributed by atoms with Crippen LogP contribution in [0.25, 0.3) is 0 Å². The number of rotatable bonds is 4. The number of hydrogen-bond acceptors (Lipinski definition) is 4. The number of carbonyl (C=O) groups is 3. The number of ketones is 2. The average Bonchev–Trinajstić information content (AvgIpc) is 2.99. The van der Waals surface area contributed by atoms with E-state index >= 15 is 0 Å². The van der Waals surface area contributed by atoms with Gasteiger partial charge in [-0.1, -0.05) is 44.4 Å². The summed E-state index contributed by atoms with van der Waals surface area (Å²) in [5.41, 5.74) is 2.83. The molecule has 4 rings (SSSR count). The molecular formula is C25H34O4. The molecule has 4 aliphatic carbocycles. The lowest BCUT2D eigenvalue weighted by Crippen LogP contribution is -2.46. The smallest absolute Gasteiger partial charge is 0.303 e. The van der Waals surface area contributed by atoms with Crippen molar-refractivity contribution in [2.45, 2.75) is 72.6 Å². The van der Waals surface area contributed by atoms with Crippen LogP contribution in [-0.4, -0.2) is 24.1 Å². The minimum Gasteiger partial charge on any atom is -0.458 e. The van der Waals surface area contributed by atoms with Crippen LogP contribution in [-0.2, 0) is 19.1 Å². The van der Waals surface area contributed by atoms with Gasteiger partial charge in [-0.15, -0.1) is 0 Å². The first-order chi connectivity index (χ1) is 13.7. The first kappa shape index (κ1) is 20.6. The molecule has 4 nitrogen and oxygen atoms in total. The number of ether oxygens (including phenoxy) is 1. The molecule has 6 atom stereocenters. The summed E-state index contributed by atoms with van der Waals surface area (Å²) in [7, 11) is 0. The summed E-state index contributed by atoms with van der Waals surface area (Å²) in [4.78, 5) is 36.4. The lowest BCUT2D eigenvalue weighted by Gasteiger charge is -2.53. The molecule has 0 saturated heterocycles. The average molecular weight is 399 g/mol. The second-order valence-electron chi connectivity index (χ2n) is 10.2. The van der Waals surface area contributed by atoms with Gasteiger partial charge in [0.15, 0.2) is 11.6 Å². The van der Waals surface area contributed by atoms with Crippen LogP contribution in [0.2, 0.25) is 0 Å². The molecule has 0 aromatic carbocycles. The van der Waals surface area contributed by atoms with Crippen molar-refractivity contribution in [2.24, 2.45) is 34.5 Å². The molecule has 0 aliphatic heterocycles. The van der Waals surface area contributed by atoms with Crippen molar-refractivity contribution in [1.29, 1.82) is 0 Å². The van der Waals surface area contributed by atoms with Gasteiger partial charge in [-0.2, -0.15) is 0 Å². The standard InChI is InChI=1S/C25H34O4/c1-5-16-12-21-19-7-6-17-13-18(27)8-10-24(17,3)20(19)9-11-25(21,4)23(16)22(28)14-29-15(2)26/h9,13,16,19,21,23H,5-8,10-12,14H2,1-4H3/t16-,19?,21?,23?,24+,25+/m1/s1. The third kappa shape index (κ3) is 3.14. The fourth-order valence-electron chi connectivity index (χ4n) is 7.34. The molecule has 0 amide bonds. The van der Waals surface area contributed by atoms with Gasteiger partial charge < -0.3 is 4.74 Å². The number of fused-ring (bicyclic) bond motifs is 5. The van der Waals surface area contributed by atoms with E-state index in [0.717, 1.165) is 38.5 Å². The van der Waals surface area contributed by atoms with E-state index in [1.54, 1.807) is 0 Å². The molecule has 0 bridgehead atoms. The molecule has 0 spiro atoms. The van der Waals surface area contributed by atoms with E-state index in [-0.39, 0.29) is 40.9 Å². The molecular weight excluding hydrogens is 364 g/mol. The highest BCUT2D eigenvalue weighted by molar-refractivity contribution is 5.92. The number of allylic oxidation sites excluding steroid dienone is 4. The van der Waals surface area contributed by atoms with E-state index in [1.165, 1.54) is 18.1 Å². The lowest BCUT2D eigenvalue weighted by atomic mass is 9.51. The zero-order valence-electron chi connectivity index (χ0n) is 18.3. The maximum Gasteiger partial charge on any atom is 0.303 e. The molecule has 3 unspecified atom stereocenters. The Kier molecular flexibility index (Phi) is 5.11. The molecule has 2 fully saturated rings. The van der Waals surface area contributed by atoms with Crippen molar-refractivity contribution in [1.82, 2.24) is 0 Å². The predicted molar refractivity (Wildman–Crippen MR) is 111 cm³/mol. The van der Waals surface area contributed by atoms with Crippen LogP contribution in [0.4, 0.5) is 0 Å². The van der Waals surface area contributed by atoms with E-state index in [9.17, 15) is 14.4 Å². The summed E-state index contributed by atoms with van der Waals surface area (Å²) >= 11 is 0. The normalized spacial score (nSPS) is 40.9. The fourth-order valence-corrected chi connectivity index (χ4v) is 7.34. The van der Waals surface area contributed by atoms with Gasteiger partial charge in [0.1, 0.15) is 6.61 Å². The minimum atomic E-state index is -0.386. The van der Waals surface area contributed by atoms with Gasteiger partial charge >= 0.3 is 5.97 Å². The molecule has 0 heterocycles. The zero-order valence-corrected chi connectivity index (χ0v) is 18.3. The van der Waals surface area contributed by atoms with Crippen LogP contribution in [0, 0.1) is 34.5 Å². The highest BCUT2D eigenvalue weighted by Gasteiger charge is 2.60. The SMILES string of the molecule is CC[C@@H]1CC2C3CCC4=CC(=O)CC[C@]4(C)C3=CC[C@]2(C)C1C(=O)COC(C)=O. The van der Waals surface area contributed by atoms with Gasteiger partial charge in [0, 0.05) is 24.7 Å². The Hall–Kier alpha value is -1.71. The monoisotopic (exact) mass is 398 g/mol. The molecule has 0 radical (unpaired) electrons. The van der Waals surface area contributed by atoms with Crippen LogP contribution in [0.5, 0.6) is 0 Å². The zero-order chi connectivity index (χ0) is 21.0. The second kappa shape index (κ2) is 7.21. The minimum absolute atomic E-state index is 0.0275. The van der Waals surface area contributed by atoms with Crippen molar-refractivity contribution < 1.29 is 19.1 Å². The topological polar surface area (TPSA) is 60.4 Å². The van der Waals surface area contributed by atoms with E-state index in [4.69, 9.17) is 4.74 Å². The Balaban J connectivity index is 1.67. The van der Waals surface area contributed by atoms with Crippen LogP contribution in [0.1, 0.15) is 72.6 Å². The first-order valence-corrected chi connectivity index (χ1v) is 11.3. The van der Waals surface area contributed by atoms with Crippen LogP contribution in [0.15, 0.2) is 23.3 Å². The largest absolute Gasteiger partial charge is 0.458 e. The molecule has 4 aliphatic rings. The van der Waals surface area contributed by atoms with Crippen molar-refractivity contribution in [2.75, 3.05) is 6.61 Å². The third-order valence-electron chi connectivity index (χ3n) is 8.80. The number of carbonyl (C=O) groups excluding carboxylic acids is 3. The lowest BCUT2D eigenvalue weighted by molar-refractivity contribution is -0.148. The van der Waals surface area contributed by atoms with E-state index in [0.29, 0.717) is 24.2 Å². The number of hydrogen-bond donors (Lipinski definition) is 0. The maximum absolute atomic E-state index is 13.1. The Morgan fingerprint density at radius 1 is 1.24 bits per heavy atom. The molecule has 0 aromatic heterocycles. The second-order valence-corrected chi connectivity index (χ2v) is 10.2. The summed E-state index contributed by atoms with van der Waals surface area (Å²) < 4.78 is 5.09. The van der Waals surface area contributed by atoms with E-state index in [2.05, 4.69) is 26.8 Å². The Labute approximate surface area is 174 Å². The summed E-state index contributed by atoms with van der Waals surface area (Å²) in [5.74, 6) is 1.31. The highest BCUT2D eigenvalue weighted by Crippen LogP contribution is 2.66. The van der Waals surface area contributed by atoms with Crippen molar-refractivity contribution in [3.05, 3.63) is 23.3 Å². The van der Waals surface area contributed by atoms with Crippen LogP contribution >= 0.6 is 0 Å². The van der Waals surface area contributed by atoms with Gasteiger partial charge in [0.05, 0.1) is 0 Å². The number of Topliss-reactive ketones (excluding diaryl/α,β-unsaturated/α-hetero) is 1. The van der Waals surface area contributed by atoms with Crippen molar-refractivity contribution >= 4 is 17.5 Å². The van der Waals surface area contributed by atoms with Gasteiger partial charge in [-0.3, -0.25) is 14.4 Å². The van der Waals surface area contributed by atoms with Gasteiger partial charge in [0.2, 0.25) is 0 Å². The Bertz CT molecular complexity index is 806. The summed E-state index contributed by atoms with van der Waals surface area (Å²) in [6, 6.07) is 0. The number of esters is 1. The molecule has 4 heteroatoms. The van der Waals surface area contributed by atoms with Crippen LogP contribution < -0.4 is 0 Å². The molecule has 29 heavy (non-hydrogen) atoms. The molecule has 0 aromatic rings. The maximum atomic E-state index is 13.1. The summed E-state index contributed by atoms with van der Waals surface area (Å²) in [5, 5.41) is 0. The molecule has 2 saturated carbocycles. The summed E-state index contributed by atoms with van der Waals surface area (Å²) in [6.45, 7) is 8.09. The van der Waals surface area contributed by atoms with Crippen molar-refractivity contribution in [3.63, 3.8) is 0 Å². The van der Waals surface area contributed by atoms with Gasteiger partial charge in [-0.05, 0) is 61.3 Å². The Morgan fingerprint density at radius 3 is 2.69 bits per heavy atom. The van der Waals surface area contributed by atoms with Gasteiger partial charge in [0.25, 0.3) is 0 Å². The molecule has 158 valence electrons. The Morgan fingerprint density at radius 2 is 2.00 bits per heavy atom. The van der Waals surface area contributed by atoms with Crippen LogP contribution in [0.3, 0.4) is 0 Å². The van der Waals surface area contributed by atoms with E-state index < -0.39 is 0 Å². The highest BCUT2D eigenvalue weighted by atomic mass is 16.5. The molecule has 0 N–H and O–H groups in total. The fraction of sp³-hybridized carbons (Fsp3) is 0.720. The quantitative estimate of drug-likeness (QED) is 0.503.